The first-order valence-electron chi connectivity index (χ1n) is 5.37. The molecule has 2 aromatic rings. The SMILES string of the molecule is FC(F)(F)c1ccc2c(c1)nc1n2CCCN1. The van der Waals surface area contributed by atoms with Gasteiger partial charge in [-0.3, -0.25) is 0 Å². The minimum atomic E-state index is -4.31. The molecule has 1 aromatic carbocycles. The van der Waals surface area contributed by atoms with Crippen LogP contribution in [0.25, 0.3) is 11.0 Å². The Morgan fingerprint density at radius 3 is 2.88 bits per heavy atom. The fourth-order valence-electron chi connectivity index (χ4n) is 2.10. The van der Waals surface area contributed by atoms with E-state index in [0.29, 0.717) is 11.5 Å². The molecule has 1 aliphatic heterocycles. The Hall–Kier alpha value is -1.72. The summed E-state index contributed by atoms with van der Waals surface area (Å²) in [6, 6.07) is 3.69. The van der Waals surface area contributed by atoms with Crippen LogP contribution in [0.15, 0.2) is 18.2 Å². The van der Waals surface area contributed by atoms with Crippen molar-refractivity contribution in [3.05, 3.63) is 23.8 Å². The van der Waals surface area contributed by atoms with Crippen LogP contribution >= 0.6 is 0 Å². The van der Waals surface area contributed by atoms with Gasteiger partial charge in [0.25, 0.3) is 0 Å². The van der Waals surface area contributed by atoms with Crippen LogP contribution in [0.4, 0.5) is 19.1 Å². The van der Waals surface area contributed by atoms with Gasteiger partial charge in [-0.05, 0) is 24.6 Å². The number of anilines is 1. The largest absolute Gasteiger partial charge is 0.416 e. The maximum atomic E-state index is 12.5. The summed E-state index contributed by atoms with van der Waals surface area (Å²) in [6.45, 7) is 1.61. The molecule has 0 aliphatic carbocycles. The second kappa shape index (κ2) is 3.38. The van der Waals surface area contributed by atoms with E-state index in [9.17, 15) is 13.2 Å². The molecular formula is C11H10F3N3. The number of halogens is 3. The van der Waals surface area contributed by atoms with Crippen molar-refractivity contribution in [3.63, 3.8) is 0 Å². The van der Waals surface area contributed by atoms with Crippen molar-refractivity contribution in [1.29, 1.82) is 0 Å². The molecule has 90 valence electrons. The van der Waals surface area contributed by atoms with Crippen LogP contribution in [0.1, 0.15) is 12.0 Å². The lowest BCUT2D eigenvalue weighted by molar-refractivity contribution is -0.137. The Morgan fingerprint density at radius 2 is 2.12 bits per heavy atom. The molecule has 0 amide bonds. The molecule has 0 atom stereocenters. The fourth-order valence-corrected chi connectivity index (χ4v) is 2.10. The van der Waals surface area contributed by atoms with Gasteiger partial charge in [0.2, 0.25) is 5.95 Å². The van der Waals surface area contributed by atoms with Crippen molar-refractivity contribution < 1.29 is 13.2 Å². The lowest BCUT2D eigenvalue weighted by atomic mass is 10.2. The smallest absolute Gasteiger partial charge is 0.356 e. The van der Waals surface area contributed by atoms with E-state index in [0.717, 1.165) is 37.2 Å². The third kappa shape index (κ3) is 1.64. The molecule has 1 aromatic heterocycles. The van der Waals surface area contributed by atoms with Gasteiger partial charge in [0.15, 0.2) is 0 Å². The number of nitrogens with one attached hydrogen (secondary N) is 1. The fraction of sp³-hybridized carbons (Fsp3) is 0.364. The summed E-state index contributed by atoms with van der Waals surface area (Å²) in [5, 5.41) is 3.08. The van der Waals surface area contributed by atoms with Gasteiger partial charge >= 0.3 is 6.18 Å². The van der Waals surface area contributed by atoms with Gasteiger partial charge in [-0.1, -0.05) is 0 Å². The molecule has 2 heterocycles. The Labute approximate surface area is 95.3 Å². The number of aryl methyl sites for hydroxylation is 1. The quantitative estimate of drug-likeness (QED) is 0.768. The first kappa shape index (κ1) is 10.4. The zero-order chi connectivity index (χ0) is 12.0. The van der Waals surface area contributed by atoms with Crippen molar-refractivity contribution in [1.82, 2.24) is 9.55 Å². The molecular weight excluding hydrogens is 231 g/mol. The Kier molecular flexibility index (Phi) is 2.08. The molecule has 3 nitrogen and oxygen atoms in total. The highest BCUT2D eigenvalue weighted by Gasteiger charge is 2.31. The maximum Gasteiger partial charge on any atom is 0.416 e. The van der Waals surface area contributed by atoms with Gasteiger partial charge in [-0.15, -0.1) is 0 Å². The lowest BCUT2D eigenvalue weighted by Crippen LogP contribution is -2.16. The van der Waals surface area contributed by atoms with Gasteiger partial charge in [0, 0.05) is 13.1 Å². The monoisotopic (exact) mass is 241 g/mol. The van der Waals surface area contributed by atoms with Gasteiger partial charge in [-0.2, -0.15) is 13.2 Å². The number of hydrogen-bond donors (Lipinski definition) is 1. The lowest BCUT2D eigenvalue weighted by Gasteiger charge is -2.15. The molecule has 0 spiro atoms. The van der Waals surface area contributed by atoms with E-state index in [-0.39, 0.29) is 0 Å². The molecule has 1 aliphatic rings. The number of alkyl halides is 3. The standard InChI is InChI=1S/C11H10F3N3/c12-11(13,14)7-2-3-9-8(6-7)16-10-15-4-1-5-17(9)10/h2-3,6H,1,4-5H2,(H,15,16). The second-order valence-corrected chi connectivity index (χ2v) is 4.07. The van der Waals surface area contributed by atoms with Crippen molar-refractivity contribution in [3.8, 4) is 0 Å². The summed E-state index contributed by atoms with van der Waals surface area (Å²) in [5.74, 6) is 0.658. The molecule has 1 N–H and O–H groups in total. The van der Waals surface area contributed by atoms with Crippen LogP contribution in [0, 0.1) is 0 Å². The third-order valence-corrected chi connectivity index (χ3v) is 2.92. The van der Waals surface area contributed by atoms with Gasteiger partial charge < -0.3 is 9.88 Å². The molecule has 0 bridgehead atoms. The van der Waals surface area contributed by atoms with Crippen LogP contribution in [0.2, 0.25) is 0 Å². The third-order valence-electron chi connectivity index (χ3n) is 2.92. The summed E-state index contributed by atoms with van der Waals surface area (Å²) in [4.78, 5) is 4.18. The average Bonchev–Trinajstić information content (AvgIpc) is 2.65. The van der Waals surface area contributed by atoms with Crippen LogP contribution in [0.5, 0.6) is 0 Å². The van der Waals surface area contributed by atoms with E-state index < -0.39 is 11.7 Å². The summed E-state index contributed by atoms with van der Waals surface area (Å²) < 4.78 is 39.6. The number of rotatable bonds is 0. The van der Waals surface area contributed by atoms with E-state index in [1.54, 1.807) is 0 Å². The molecule has 0 unspecified atom stereocenters. The van der Waals surface area contributed by atoms with Crippen LogP contribution in [-0.4, -0.2) is 16.1 Å². The molecule has 17 heavy (non-hydrogen) atoms. The summed E-state index contributed by atoms with van der Waals surface area (Å²) in [5.41, 5.74) is 0.491. The number of benzene rings is 1. The Balaban J connectivity index is 2.18. The maximum absolute atomic E-state index is 12.5. The predicted molar refractivity (Wildman–Crippen MR) is 57.8 cm³/mol. The van der Waals surface area contributed by atoms with Gasteiger partial charge in [0.05, 0.1) is 16.6 Å². The molecule has 0 saturated carbocycles. The zero-order valence-corrected chi connectivity index (χ0v) is 8.88. The Morgan fingerprint density at radius 1 is 1.29 bits per heavy atom. The predicted octanol–water partition coefficient (Wildman–Crippen LogP) is 2.87. The van der Waals surface area contributed by atoms with Gasteiger partial charge in [0.1, 0.15) is 0 Å². The highest BCUT2D eigenvalue weighted by Crippen LogP contribution is 2.32. The van der Waals surface area contributed by atoms with Gasteiger partial charge in [-0.25, -0.2) is 4.98 Å². The number of nitrogens with zero attached hydrogens (tertiary/aromatic N) is 2. The normalized spacial score (nSPS) is 15.7. The number of aromatic nitrogens is 2. The molecule has 0 fully saturated rings. The highest BCUT2D eigenvalue weighted by molar-refractivity contribution is 5.79. The van der Waals surface area contributed by atoms with E-state index in [1.807, 2.05) is 4.57 Å². The summed E-state index contributed by atoms with van der Waals surface area (Å²) in [7, 11) is 0. The molecule has 3 rings (SSSR count). The topological polar surface area (TPSA) is 29.9 Å². The van der Waals surface area contributed by atoms with Crippen LogP contribution < -0.4 is 5.32 Å². The molecule has 0 radical (unpaired) electrons. The second-order valence-electron chi connectivity index (χ2n) is 4.07. The number of imidazole rings is 1. The van der Waals surface area contributed by atoms with E-state index in [2.05, 4.69) is 10.3 Å². The number of hydrogen-bond acceptors (Lipinski definition) is 2. The average molecular weight is 241 g/mol. The first-order chi connectivity index (χ1) is 8.05. The minimum absolute atomic E-state index is 0.393. The van der Waals surface area contributed by atoms with E-state index in [4.69, 9.17) is 0 Å². The van der Waals surface area contributed by atoms with E-state index in [1.165, 1.54) is 6.07 Å². The van der Waals surface area contributed by atoms with Crippen LogP contribution in [-0.2, 0) is 12.7 Å². The number of fused-ring (bicyclic) bond motifs is 3. The van der Waals surface area contributed by atoms with Crippen molar-refractivity contribution in [2.75, 3.05) is 11.9 Å². The van der Waals surface area contributed by atoms with Crippen molar-refractivity contribution in [2.24, 2.45) is 0 Å². The van der Waals surface area contributed by atoms with Crippen LogP contribution in [0.3, 0.4) is 0 Å². The minimum Gasteiger partial charge on any atom is -0.356 e. The van der Waals surface area contributed by atoms with E-state index >= 15 is 0 Å². The molecule has 6 heteroatoms. The highest BCUT2D eigenvalue weighted by atomic mass is 19.4. The molecule has 0 saturated heterocycles. The first-order valence-corrected chi connectivity index (χ1v) is 5.37. The Bertz CT molecular complexity index is 571. The van der Waals surface area contributed by atoms with Crippen molar-refractivity contribution >= 4 is 17.0 Å². The zero-order valence-electron chi connectivity index (χ0n) is 8.88. The summed E-state index contributed by atoms with van der Waals surface area (Å²) >= 11 is 0. The van der Waals surface area contributed by atoms with Crippen molar-refractivity contribution in [2.45, 2.75) is 19.1 Å². The summed E-state index contributed by atoms with van der Waals surface area (Å²) in [6.07, 6.45) is -3.36.